The van der Waals surface area contributed by atoms with E-state index in [-0.39, 0.29) is 5.41 Å². The topological polar surface area (TPSA) is 55.2 Å². The minimum Gasteiger partial charge on any atom is -0.493 e. The number of methoxy groups -OCH3 is 2. The van der Waals surface area contributed by atoms with Crippen LogP contribution in [0.15, 0.2) is 33.7 Å². The second-order valence-electron chi connectivity index (χ2n) is 8.28. The van der Waals surface area contributed by atoms with E-state index in [1.54, 1.807) is 26.0 Å². The Morgan fingerprint density at radius 1 is 1.19 bits per heavy atom. The van der Waals surface area contributed by atoms with Crippen molar-refractivity contribution in [2.75, 3.05) is 14.2 Å². The number of nitrogens with zero attached hydrogens (tertiary/aromatic N) is 2. The fourth-order valence-corrected chi connectivity index (χ4v) is 5.35. The van der Waals surface area contributed by atoms with E-state index in [1.165, 1.54) is 18.6 Å². The lowest BCUT2D eigenvalue weighted by Gasteiger charge is -2.34. The molecule has 2 aliphatic carbocycles. The quantitative estimate of drug-likeness (QED) is 0.804. The molecule has 6 heteroatoms. The average Bonchev–Trinajstić information content (AvgIpc) is 3.01. The Kier molecular flexibility index (Phi) is 4.49. The Morgan fingerprint density at radius 3 is 2.52 bits per heavy atom. The van der Waals surface area contributed by atoms with Crippen molar-refractivity contribution in [3.05, 3.63) is 29.2 Å². The molecule has 27 heavy (non-hydrogen) atoms. The van der Waals surface area contributed by atoms with Crippen LogP contribution in [0.2, 0.25) is 0 Å². The number of nitrogens with one attached hydrogen (secondary N) is 1. The molecule has 2 fully saturated rings. The van der Waals surface area contributed by atoms with E-state index in [1.807, 2.05) is 18.2 Å². The molecule has 1 N–H and O–H groups in total. The molecular formula is C21H27N3O2S. The van der Waals surface area contributed by atoms with Crippen molar-refractivity contribution in [3.8, 4) is 11.5 Å². The van der Waals surface area contributed by atoms with E-state index < -0.39 is 0 Å². The highest BCUT2D eigenvalue weighted by Crippen LogP contribution is 2.64. The Morgan fingerprint density at radius 2 is 1.96 bits per heavy atom. The SMILES string of the molecule is COc1ccc(C2=CSC(N=C3C[C@H]4CC[C@]3(C)C4(C)C)=NN2)cc1OC. The molecule has 1 heterocycles. The van der Waals surface area contributed by atoms with Gasteiger partial charge in [-0.25, -0.2) is 4.99 Å². The number of amidine groups is 1. The third-order valence-electron chi connectivity index (χ3n) is 6.99. The number of hydrogen-bond donors (Lipinski definition) is 1. The third-order valence-corrected chi connectivity index (χ3v) is 7.74. The molecule has 0 spiro atoms. The second kappa shape index (κ2) is 6.59. The fraction of sp³-hybridized carbons (Fsp3) is 0.524. The van der Waals surface area contributed by atoms with Crippen LogP contribution in [-0.2, 0) is 0 Å². The molecular weight excluding hydrogens is 358 g/mol. The molecule has 2 bridgehead atoms. The Bertz CT molecular complexity index is 859. The predicted molar refractivity (Wildman–Crippen MR) is 112 cm³/mol. The zero-order valence-electron chi connectivity index (χ0n) is 16.6. The van der Waals surface area contributed by atoms with Gasteiger partial charge in [0.2, 0.25) is 5.17 Å². The van der Waals surface area contributed by atoms with Crippen LogP contribution in [-0.4, -0.2) is 25.1 Å². The van der Waals surface area contributed by atoms with Gasteiger partial charge in [0.25, 0.3) is 0 Å². The summed E-state index contributed by atoms with van der Waals surface area (Å²) in [6, 6.07) is 5.84. The van der Waals surface area contributed by atoms with Crippen LogP contribution in [0.25, 0.3) is 5.70 Å². The lowest BCUT2D eigenvalue weighted by Crippen LogP contribution is -2.33. The number of benzene rings is 1. The van der Waals surface area contributed by atoms with Gasteiger partial charge in [-0.3, -0.25) is 5.43 Å². The van der Waals surface area contributed by atoms with E-state index in [4.69, 9.17) is 14.5 Å². The van der Waals surface area contributed by atoms with Gasteiger partial charge in [0.05, 0.1) is 19.9 Å². The molecule has 0 saturated heterocycles. The number of ether oxygens (including phenoxy) is 2. The molecule has 144 valence electrons. The number of rotatable bonds is 3. The van der Waals surface area contributed by atoms with E-state index in [0.29, 0.717) is 16.9 Å². The number of fused-ring (bicyclic) bond motifs is 2. The second-order valence-corrected chi connectivity index (χ2v) is 9.11. The van der Waals surface area contributed by atoms with Gasteiger partial charge in [-0.1, -0.05) is 32.5 Å². The van der Waals surface area contributed by atoms with Crippen LogP contribution in [0.4, 0.5) is 0 Å². The van der Waals surface area contributed by atoms with Gasteiger partial charge in [0, 0.05) is 22.1 Å². The lowest BCUT2D eigenvalue weighted by molar-refractivity contribution is 0.194. The zero-order valence-corrected chi connectivity index (χ0v) is 17.4. The van der Waals surface area contributed by atoms with Gasteiger partial charge < -0.3 is 9.47 Å². The molecule has 0 aromatic heterocycles. The van der Waals surface area contributed by atoms with Gasteiger partial charge in [-0.05, 0) is 48.8 Å². The van der Waals surface area contributed by atoms with E-state index in [9.17, 15) is 0 Å². The summed E-state index contributed by atoms with van der Waals surface area (Å²) in [5.74, 6) is 2.17. The van der Waals surface area contributed by atoms with Gasteiger partial charge in [-0.15, -0.1) is 5.10 Å². The number of hydrazone groups is 1. The molecule has 0 unspecified atom stereocenters. The van der Waals surface area contributed by atoms with Crippen molar-refractivity contribution in [1.29, 1.82) is 0 Å². The van der Waals surface area contributed by atoms with Crippen molar-refractivity contribution in [1.82, 2.24) is 5.43 Å². The monoisotopic (exact) mass is 385 g/mol. The highest BCUT2D eigenvalue weighted by Gasteiger charge is 2.59. The molecule has 0 radical (unpaired) electrons. The van der Waals surface area contributed by atoms with Gasteiger partial charge in [0.15, 0.2) is 11.5 Å². The standard InChI is InChI=1S/C21H27N3O2S/c1-20(2)14-8-9-21(20,3)18(11-14)22-19-24-23-15(12-27-19)13-6-7-16(25-4)17(10-13)26-5/h6-7,10,12,14,23H,8-9,11H2,1-5H3/t14-,21+/m1/s1. The summed E-state index contributed by atoms with van der Waals surface area (Å²) in [7, 11) is 3.28. The zero-order chi connectivity index (χ0) is 19.2. The van der Waals surface area contributed by atoms with Crippen molar-refractivity contribution in [3.63, 3.8) is 0 Å². The molecule has 1 aliphatic heterocycles. The molecule has 4 rings (SSSR count). The smallest absolute Gasteiger partial charge is 0.210 e. The van der Waals surface area contributed by atoms with Crippen molar-refractivity contribution < 1.29 is 9.47 Å². The summed E-state index contributed by atoms with van der Waals surface area (Å²) in [5, 5.41) is 7.37. The van der Waals surface area contributed by atoms with Gasteiger partial charge >= 0.3 is 0 Å². The van der Waals surface area contributed by atoms with Crippen LogP contribution in [0.3, 0.4) is 0 Å². The minimum atomic E-state index is 0.202. The summed E-state index contributed by atoms with van der Waals surface area (Å²) in [6.45, 7) is 7.18. The van der Waals surface area contributed by atoms with E-state index in [2.05, 4.69) is 36.7 Å². The Hall–Kier alpha value is -1.95. The van der Waals surface area contributed by atoms with Crippen molar-refractivity contribution >= 4 is 28.3 Å². The van der Waals surface area contributed by atoms with Crippen molar-refractivity contribution in [2.24, 2.45) is 26.8 Å². The number of aliphatic imine (C=N–C) groups is 1. The maximum atomic E-state index is 5.39. The molecule has 2 atom stereocenters. The molecule has 1 aromatic carbocycles. The molecule has 5 nitrogen and oxygen atoms in total. The Labute approximate surface area is 165 Å². The fourth-order valence-electron chi connectivity index (χ4n) is 4.67. The van der Waals surface area contributed by atoms with Crippen LogP contribution in [0.1, 0.15) is 45.6 Å². The maximum absolute atomic E-state index is 5.39. The number of hydrogen-bond acceptors (Lipinski definition) is 6. The van der Waals surface area contributed by atoms with Crippen LogP contribution < -0.4 is 14.9 Å². The first-order chi connectivity index (χ1) is 12.9. The minimum absolute atomic E-state index is 0.202. The van der Waals surface area contributed by atoms with Crippen LogP contribution in [0, 0.1) is 16.7 Å². The lowest BCUT2D eigenvalue weighted by atomic mass is 9.70. The Balaban J connectivity index is 1.51. The summed E-state index contributed by atoms with van der Waals surface area (Å²) >= 11 is 1.57. The summed E-state index contributed by atoms with van der Waals surface area (Å²) in [4.78, 5) is 4.95. The number of thioether (sulfide) groups is 1. The molecule has 0 amide bonds. The third kappa shape index (κ3) is 2.85. The van der Waals surface area contributed by atoms with Gasteiger partial charge in [0.1, 0.15) is 0 Å². The van der Waals surface area contributed by atoms with Crippen LogP contribution in [0.5, 0.6) is 11.5 Å². The van der Waals surface area contributed by atoms with Crippen molar-refractivity contribution in [2.45, 2.75) is 40.0 Å². The first-order valence-electron chi connectivity index (χ1n) is 9.40. The van der Waals surface area contributed by atoms with Gasteiger partial charge in [-0.2, -0.15) is 0 Å². The van der Waals surface area contributed by atoms with Crippen LogP contribution >= 0.6 is 11.8 Å². The summed E-state index contributed by atoms with van der Waals surface area (Å²) < 4.78 is 10.7. The van der Waals surface area contributed by atoms with E-state index in [0.717, 1.165) is 28.8 Å². The molecule has 3 aliphatic rings. The highest BCUT2D eigenvalue weighted by molar-refractivity contribution is 8.16. The predicted octanol–water partition coefficient (Wildman–Crippen LogP) is 4.90. The highest BCUT2D eigenvalue weighted by atomic mass is 32.2. The molecule has 2 saturated carbocycles. The normalized spacial score (nSPS) is 30.0. The van der Waals surface area contributed by atoms with E-state index >= 15 is 0 Å². The largest absolute Gasteiger partial charge is 0.493 e. The first kappa shape index (κ1) is 18.4. The maximum Gasteiger partial charge on any atom is 0.210 e. The summed E-state index contributed by atoms with van der Waals surface area (Å²) in [5.41, 5.74) is 6.94. The summed E-state index contributed by atoms with van der Waals surface area (Å²) in [6.07, 6.45) is 3.67. The molecule has 1 aromatic rings. The average molecular weight is 386 g/mol. The first-order valence-corrected chi connectivity index (χ1v) is 10.3.